The maximum absolute atomic E-state index is 13.5. The number of likely N-dealkylation sites (tertiary alicyclic amines) is 1. The third kappa shape index (κ3) is 2.61. The van der Waals surface area contributed by atoms with Crippen molar-refractivity contribution in [3.63, 3.8) is 0 Å². The van der Waals surface area contributed by atoms with Gasteiger partial charge in [-0.25, -0.2) is 4.39 Å². The van der Waals surface area contributed by atoms with Gasteiger partial charge in [-0.2, -0.15) is 5.26 Å². The topological polar surface area (TPSA) is 61.2 Å². The fourth-order valence-electron chi connectivity index (χ4n) is 3.70. The second kappa shape index (κ2) is 5.42. The lowest BCUT2D eigenvalue weighted by molar-refractivity contribution is -0.127. The van der Waals surface area contributed by atoms with Crippen LogP contribution in [0.15, 0.2) is 29.8 Å². The number of benzene rings is 1. The molecule has 0 radical (unpaired) electrons. The van der Waals surface area contributed by atoms with E-state index in [1.54, 1.807) is 11.0 Å². The minimum Gasteiger partial charge on any atom is -0.337 e. The van der Waals surface area contributed by atoms with Crippen LogP contribution in [-0.2, 0) is 4.79 Å². The normalized spacial score (nSPS) is 21.0. The molecule has 24 heavy (non-hydrogen) atoms. The summed E-state index contributed by atoms with van der Waals surface area (Å²) >= 11 is 5.64. The van der Waals surface area contributed by atoms with Crippen molar-refractivity contribution in [2.24, 2.45) is 10.8 Å². The fourth-order valence-corrected chi connectivity index (χ4v) is 3.82. The predicted octanol–water partition coefficient (Wildman–Crippen LogP) is 3.37. The number of halogens is 2. The van der Waals surface area contributed by atoms with Gasteiger partial charge in [0, 0.05) is 29.5 Å². The van der Waals surface area contributed by atoms with E-state index in [0.717, 1.165) is 6.07 Å². The molecule has 1 spiro atoms. The fraction of sp³-hybridized carbons (Fsp3) is 0.389. The molecule has 0 atom stereocenters. The van der Waals surface area contributed by atoms with Gasteiger partial charge < -0.3 is 4.90 Å². The number of ketones is 1. The zero-order valence-electron chi connectivity index (χ0n) is 13.4. The van der Waals surface area contributed by atoms with Crippen molar-refractivity contribution in [2.75, 3.05) is 13.1 Å². The summed E-state index contributed by atoms with van der Waals surface area (Å²) in [5.74, 6) is -1.06. The molecule has 0 bridgehead atoms. The Kier molecular flexibility index (Phi) is 3.76. The average Bonchev–Trinajstić information content (AvgIpc) is 2.49. The van der Waals surface area contributed by atoms with E-state index >= 15 is 0 Å². The molecule has 0 unspecified atom stereocenters. The Morgan fingerprint density at radius 3 is 2.62 bits per heavy atom. The van der Waals surface area contributed by atoms with Crippen LogP contribution in [0.25, 0.3) is 0 Å². The van der Waals surface area contributed by atoms with Gasteiger partial charge in [0.15, 0.2) is 5.78 Å². The number of allylic oxidation sites excluding steroid dienone is 1. The van der Waals surface area contributed by atoms with Crippen molar-refractivity contribution in [3.05, 3.63) is 46.3 Å². The summed E-state index contributed by atoms with van der Waals surface area (Å²) in [6.07, 6.45) is 2.29. The van der Waals surface area contributed by atoms with Crippen LogP contribution >= 0.6 is 11.6 Å². The summed E-state index contributed by atoms with van der Waals surface area (Å²) in [7, 11) is 0. The van der Waals surface area contributed by atoms with Crippen LogP contribution in [0.4, 0.5) is 4.39 Å². The second-order valence-electron chi connectivity index (χ2n) is 7.21. The molecule has 1 amide bonds. The highest BCUT2D eigenvalue weighted by Crippen LogP contribution is 2.48. The number of rotatable bonds is 1. The zero-order chi connectivity index (χ0) is 17.7. The minimum absolute atomic E-state index is 0.0271. The quantitative estimate of drug-likeness (QED) is 0.783. The number of nitrogens with zero attached hydrogens (tertiary/aromatic N) is 2. The third-order valence-corrected chi connectivity index (χ3v) is 5.00. The van der Waals surface area contributed by atoms with Crippen molar-refractivity contribution in [1.82, 2.24) is 4.90 Å². The first-order chi connectivity index (χ1) is 11.2. The Bertz CT molecular complexity index is 817. The van der Waals surface area contributed by atoms with Crippen LogP contribution in [0.1, 0.15) is 30.6 Å². The summed E-state index contributed by atoms with van der Waals surface area (Å²) in [6, 6.07) is 5.94. The Labute approximate surface area is 144 Å². The number of hydrogen-bond acceptors (Lipinski definition) is 3. The molecule has 0 N–H and O–H groups in total. The summed E-state index contributed by atoms with van der Waals surface area (Å²) in [5.41, 5.74) is -0.581. The van der Waals surface area contributed by atoms with E-state index in [4.69, 9.17) is 11.6 Å². The van der Waals surface area contributed by atoms with Crippen LogP contribution in [0, 0.1) is 28.0 Å². The second-order valence-corrected chi connectivity index (χ2v) is 7.62. The molecule has 1 fully saturated rings. The molecule has 0 aromatic heterocycles. The van der Waals surface area contributed by atoms with Gasteiger partial charge in [-0.3, -0.25) is 9.59 Å². The lowest BCUT2D eigenvalue weighted by atomic mass is 9.61. The van der Waals surface area contributed by atoms with Gasteiger partial charge in [-0.1, -0.05) is 31.5 Å². The molecule has 0 saturated carbocycles. The van der Waals surface area contributed by atoms with Gasteiger partial charge in [0.05, 0.1) is 10.6 Å². The molecule has 1 aromatic rings. The highest BCUT2D eigenvalue weighted by atomic mass is 35.5. The number of Topliss-reactive ketones (excluding diaryl/α,β-unsaturated/α-hetero) is 1. The third-order valence-electron chi connectivity index (χ3n) is 4.69. The van der Waals surface area contributed by atoms with Gasteiger partial charge in [0.1, 0.15) is 11.9 Å². The highest BCUT2D eigenvalue weighted by molar-refractivity contribution is 6.30. The molecule has 2 aliphatic rings. The maximum Gasteiger partial charge on any atom is 0.254 e. The largest absolute Gasteiger partial charge is 0.337 e. The van der Waals surface area contributed by atoms with E-state index in [1.807, 2.05) is 19.9 Å². The van der Waals surface area contributed by atoms with Gasteiger partial charge >= 0.3 is 0 Å². The van der Waals surface area contributed by atoms with Crippen molar-refractivity contribution in [3.8, 4) is 6.07 Å². The van der Waals surface area contributed by atoms with Crippen LogP contribution in [0.2, 0.25) is 5.02 Å². The van der Waals surface area contributed by atoms with Crippen molar-refractivity contribution < 1.29 is 14.0 Å². The predicted molar refractivity (Wildman–Crippen MR) is 86.8 cm³/mol. The van der Waals surface area contributed by atoms with E-state index in [2.05, 4.69) is 0 Å². The van der Waals surface area contributed by atoms with Crippen LogP contribution < -0.4 is 0 Å². The van der Waals surface area contributed by atoms with E-state index in [9.17, 15) is 19.2 Å². The summed E-state index contributed by atoms with van der Waals surface area (Å²) in [4.78, 5) is 26.2. The van der Waals surface area contributed by atoms with Crippen LogP contribution in [-0.4, -0.2) is 29.7 Å². The summed E-state index contributed by atoms with van der Waals surface area (Å²) in [5, 5.41) is 9.15. The zero-order valence-corrected chi connectivity index (χ0v) is 14.2. The highest BCUT2D eigenvalue weighted by Gasteiger charge is 2.52. The smallest absolute Gasteiger partial charge is 0.254 e. The van der Waals surface area contributed by atoms with E-state index in [0.29, 0.717) is 19.5 Å². The maximum atomic E-state index is 13.5. The molecular formula is C18H16ClFN2O2. The summed E-state index contributed by atoms with van der Waals surface area (Å²) in [6.45, 7) is 4.47. The molecular weight excluding hydrogens is 331 g/mol. The molecule has 1 saturated heterocycles. The molecule has 1 aliphatic carbocycles. The molecule has 124 valence electrons. The van der Waals surface area contributed by atoms with Gasteiger partial charge in [-0.05, 0) is 24.6 Å². The first-order valence-electron chi connectivity index (χ1n) is 7.60. The average molecular weight is 347 g/mol. The van der Waals surface area contributed by atoms with Gasteiger partial charge in [0.2, 0.25) is 0 Å². The molecule has 4 nitrogen and oxygen atoms in total. The monoisotopic (exact) mass is 346 g/mol. The number of carbonyl (C=O) groups is 2. The molecule has 1 aromatic carbocycles. The van der Waals surface area contributed by atoms with Gasteiger partial charge in [-0.15, -0.1) is 0 Å². The van der Waals surface area contributed by atoms with Crippen molar-refractivity contribution in [2.45, 2.75) is 20.3 Å². The lowest BCUT2D eigenvalue weighted by Gasteiger charge is -2.53. The summed E-state index contributed by atoms with van der Waals surface area (Å²) < 4.78 is 13.5. The van der Waals surface area contributed by atoms with E-state index in [1.165, 1.54) is 12.1 Å². The van der Waals surface area contributed by atoms with Crippen molar-refractivity contribution in [1.29, 1.82) is 5.26 Å². The Morgan fingerprint density at radius 2 is 2.04 bits per heavy atom. The number of amides is 1. The Balaban J connectivity index is 1.80. The molecule has 3 rings (SSSR count). The first kappa shape index (κ1) is 16.7. The number of nitriles is 1. The Hall–Kier alpha value is -2.19. The number of hydrogen-bond donors (Lipinski definition) is 0. The minimum atomic E-state index is -0.631. The Morgan fingerprint density at radius 1 is 1.38 bits per heavy atom. The van der Waals surface area contributed by atoms with Crippen molar-refractivity contribution >= 4 is 23.3 Å². The van der Waals surface area contributed by atoms with Crippen LogP contribution in [0.5, 0.6) is 0 Å². The molecule has 1 aliphatic heterocycles. The first-order valence-corrected chi connectivity index (χ1v) is 7.97. The number of carbonyl (C=O) groups excluding carboxylic acids is 2. The van der Waals surface area contributed by atoms with E-state index < -0.39 is 11.2 Å². The SMILES string of the molecule is CC1(C)CC2(C=C(C#N)C1=O)CN(C(=O)c1ccc(Cl)c(F)c1)C2. The lowest BCUT2D eigenvalue weighted by Crippen LogP contribution is -2.60. The molecule has 1 heterocycles. The molecule has 6 heteroatoms. The van der Waals surface area contributed by atoms with Crippen LogP contribution in [0.3, 0.4) is 0 Å². The van der Waals surface area contributed by atoms with Gasteiger partial charge in [0.25, 0.3) is 5.91 Å². The van der Waals surface area contributed by atoms with E-state index in [-0.39, 0.29) is 33.3 Å². The standard InChI is InChI=1S/C18H16ClFN2O2/c1-17(2)8-18(6-12(7-21)15(17)23)9-22(10-18)16(24)11-3-4-13(19)14(20)5-11/h3-6H,8-10H2,1-2H3.